The molecule has 2 atom stereocenters. The lowest BCUT2D eigenvalue weighted by Gasteiger charge is -2.24. The number of hydrogen-bond donors (Lipinski definition) is 1. The minimum Gasteiger partial charge on any atom is -0.383 e. The zero-order chi connectivity index (χ0) is 8.72. The summed E-state index contributed by atoms with van der Waals surface area (Å²) in [7, 11) is 0. The van der Waals surface area contributed by atoms with E-state index >= 15 is 0 Å². The number of amidine groups is 1. The normalized spacial score (nSPS) is 34.8. The van der Waals surface area contributed by atoms with Gasteiger partial charge in [-0.2, -0.15) is 0 Å². The number of fused-ring (bicyclic) bond motifs is 1. The third-order valence-electron chi connectivity index (χ3n) is 2.76. The molecule has 0 bridgehead atoms. The first-order chi connectivity index (χ1) is 5.70. The van der Waals surface area contributed by atoms with Gasteiger partial charge < -0.3 is 5.73 Å². The summed E-state index contributed by atoms with van der Waals surface area (Å²) < 4.78 is 0. The molecule has 2 nitrogen and oxygen atoms in total. The van der Waals surface area contributed by atoms with Crippen molar-refractivity contribution in [3.8, 4) is 0 Å². The predicted molar refractivity (Wildman–Crippen MR) is 54.5 cm³/mol. The third-order valence-corrected chi connectivity index (χ3v) is 3.23. The highest BCUT2D eigenvalue weighted by atomic mass is 32.1. The van der Waals surface area contributed by atoms with Crippen molar-refractivity contribution in [2.75, 3.05) is 0 Å². The molecule has 2 N–H and O–H groups in total. The number of hydrogen-bond acceptors (Lipinski definition) is 3. The largest absolute Gasteiger partial charge is 0.383 e. The molecule has 12 heavy (non-hydrogen) atoms. The van der Waals surface area contributed by atoms with E-state index in [1.165, 1.54) is 12.8 Å². The van der Waals surface area contributed by atoms with Gasteiger partial charge in [-0.3, -0.25) is 4.99 Å². The summed E-state index contributed by atoms with van der Waals surface area (Å²) in [5.41, 5.74) is 6.71. The topological polar surface area (TPSA) is 38.4 Å². The van der Waals surface area contributed by atoms with E-state index in [0.717, 1.165) is 12.0 Å². The van der Waals surface area contributed by atoms with Crippen molar-refractivity contribution in [2.45, 2.75) is 25.3 Å². The SMILES string of the molecule is C=C1C(=S)C(N)=NC2CCCC12. The number of nitrogens with zero attached hydrogens (tertiary/aromatic N) is 1. The lowest BCUT2D eigenvalue weighted by Crippen LogP contribution is -2.35. The van der Waals surface area contributed by atoms with E-state index in [1.807, 2.05) is 0 Å². The minimum absolute atomic E-state index is 0.379. The Morgan fingerprint density at radius 3 is 3.00 bits per heavy atom. The Hall–Kier alpha value is -0.700. The minimum atomic E-state index is 0.379. The molecule has 1 heterocycles. The van der Waals surface area contributed by atoms with E-state index in [1.54, 1.807) is 0 Å². The molecule has 0 radical (unpaired) electrons. The van der Waals surface area contributed by atoms with Crippen molar-refractivity contribution in [3.63, 3.8) is 0 Å². The molecule has 2 unspecified atom stereocenters. The van der Waals surface area contributed by atoms with Crippen molar-refractivity contribution < 1.29 is 0 Å². The van der Waals surface area contributed by atoms with Gasteiger partial charge in [0.25, 0.3) is 0 Å². The molecule has 0 saturated heterocycles. The van der Waals surface area contributed by atoms with Gasteiger partial charge in [0, 0.05) is 5.92 Å². The van der Waals surface area contributed by atoms with Gasteiger partial charge in [0.2, 0.25) is 0 Å². The van der Waals surface area contributed by atoms with E-state index < -0.39 is 0 Å². The highest BCUT2D eigenvalue weighted by Crippen LogP contribution is 2.36. The summed E-state index contributed by atoms with van der Waals surface area (Å²) in [5, 5.41) is 0. The zero-order valence-electron chi connectivity index (χ0n) is 6.92. The lowest BCUT2D eigenvalue weighted by molar-refractivity contribution is 0.567. The predicted octanol–water partition coefficient (Wildman–Crippen LogP) is 1.45. The molecular weight excluding hydrogens is 168 g/mol. The first kappa shape index (κ1) is 7.92. The molecule has 2 rings (SSSR count). The molecule has 2 aliphatic rings. The Labute approximate surface area is 77.6 Å². The fourth-order valence-corrected chi connectivity index (χ4v) is 2.28. The molecule has 0 aromatic rings. The number of rotatable bonds is 0. The maximum Gasteiger partial charge on any atom is 0.137 e. The number of nitrogens with two attached hydrogens (primary N) is 1. The van der Waals surface area contributed by atoms with E-state index in [-0.39, 0.29) is 0 Å². The van der Waals surface area contributed by atoms with Crippen LogP contribution in [0.1, 0.15) is 19.3 Å². The van der Waals surface area contributed by atoms with Crippen molar-refractivity contribution >= 4 is 22.9 Å². The molecule has 1 aliphatic carbocycles. The van der Waals surface area contributed by atoms with Crippen molar-refractivity contribution in [1.29, 1.82) is 0 Å². The zero-order valence-corrected chi connectivity index (χ0v) is 7.73. The van der Waals surface area contributed by atoms with Crippen LogP contribution in [-0.4, -0.2) is 16.7 Å². The molecule has 64 valence electrons. The summed E-state index contributed by atoms with van der Waals surface area (Å²) in [5.74, 6) is 1.02. The molecule has 0 aromatic heterocycles. The summed E-state index contributed by atoms with van der Waals surface area (Å²) in [6.07, 6.45) is 3.56. The molecular formula is C9H12N2S. The first-order valence-corrected chi connectivity index (χ1v) is 4.67. The summed E-state index contributed by atoms with van der Waals surface area (Å²) >= 11 is 5.12. The highest BCUT2D eigenvalue weighted by molar-refractivity contribution is 7.82. The second kappa shape index (κ2) is 2.66. The smallest absolute Gasteiger partial charge is 0.137 e. The van der Waals surface area contributed by atoms with E-state index in [9.17, 15) is 0 Å². The van der Waals surface area contributed by atoms with Crippen LogP contribution < -0.4 is 5.73 Å². The van der Waals surface area contributed by atoms with E-state index in [2.05, 4.69) is 11.6 Å². The maximum absolute atomic E-state index is 5.67. The highest BCUT2D eigenvalue weighted by Gasteiger charge is 2.34. The Morgan fingerprint density at radius 1 is 1.50 bits per heavy atom. The quantitative estimate of drug-likeness (QED) is 0.452. The van der Waals surface area contributed by atoms with Crippen LogP contribution in [0.2, 0.25) is 0 Å². The standard InChI is InChI=1S/C9H12N2S/c1-5-6-3-2-4-7(6)11-9(10)8(5)12/h6-7H,1-4H2,(H2,10,11). The molecule has 0 amide bonds. The lowest BCUT2D eigenvalue weighted by atomic mass is 9.90. The van der Waals surface area contributed by atoms with Gasteiger partial charge in [0.15, 0.2) is 0 Å². The first-order valence-electron chi connectivity index (χ1n) is 4.27. The number of thiocarbonyl (C=S) groups is 1. The average molecular weight is 180 g/mol. The van der Waals surface area contributed by atoms with Gasteiger partial charge in [-0.1, -0.05) is 25.2 Å². The van der Waals surface area contributed by atoms with Crippen LogP contribution in [0, 0.1) is 5.92 Å². The molecule has 0 spiro atoms. The van der Waals surface area contributed by atoms with Crippen LogP contribution in [0.4, 0.5) is 0 Å². The third kappa shape index (κ3) is 1.00. The van der Waals surface area contributed by atoms with Crippen LogP contribution in [0.25, 0.3) is 0 Å². The van der Waals surface area contributed by atoms with E-state index in [0.29, 0.717) is 22.7 Å². The van der Waals surface area contributed by atoms with Gasteiger partial charge in [0.1, 0.15) is 5.84 Å². The van der Waals surface area contributed by atoms with Crippen molar-refractivity contribution in [2.24, 2.45) is 16.6 Å². The molecule has 0 aromatic carbocycles. The average Bonchev–Trinajstić information content (AvgIpc) is 2.48. The maximum atomic E-state index is 5.67. The van der Waals surface area contributed by atoms with Gasteiger partial charge >= 0.3 is 0 Å². The van der Waals surface area contributed by atoms with Crippen LogP contribution in [0.3, 0.4) is 0 Å². The van der Waals surface area contributed by atoms with Crippen LogP contribution in [-0.2, 0) is 0 Å². The Balaban J connectivity index is 2.37. The van der Waals surface area contributed by atoms with Crippen molar-refractivity contribution in [3.05, 3.63) is 12.2 Å². The second-order valence-electron chi connectivity index (χ2n) is 3.47. The Morgan fingerprint density at radius 2 is 2.25 bits per heavy atom. The Kier molecular flexibility index (Phi) is 1.76. The Bertz CT molecular complexity index is 280. The summed E-state index contributed by atoms with van der Waals surface area (Å²) in [6.45, 7) is 3.99. The van der Waals surface area contributed by atoms with Gasteiger partial charge in [0.05, 0.1) is 10.9 Å². The molecule has 1 saturated carbocycles. The molecule has 3 heteroatoms. The van der Waals surface area contributed by atoms with Crippen LogP contribution in [0.15, 0.2) is 17.1 Å². The van der Waals surface area contributed by atoms with Crippen molar-refractivity contribution in [1.82, 2.24) is 0 Å². The summed E-state index contributed by atoms with van der Waals surface area (Å²) in [4.78, 5) is 5.06. The number of aliphatic imine (C=N–C) groups is 1. The van der Waals surface area contributed by atoms with Gasteiger partial charge in [-0.15, -0.1) is 0 Å². The molecule has 1 aliphatic heterocycles. The monoisotopic (exact) mass is 180 g/mol. The van der Waals surface area contributed by atoms with Crippen LogP contribution >= 0.6 is 12.2 Å². The second-order valence-corrected chi connectivity index (χ2v) is 3.88. The summed E-state index contributed by atoms with van der Waals surface area (Å²) in [6, 6.07) is 0.379. The van der Waals surface area contributed by atoms with Crippen LogP contribution in [0.5, 0.6) is 0 Å². The fraction of sp³-hybridized carbons (Fsp3) is 0.556. The van der Waals surface area contributed by atoms with E-state index in [4.69, 9.17) is 18.0 Å². The van der Waals surface area contributed by atoms with Gasteiger partial charge in [-0.05, 0) is 18.4 Å². The molecule has 1 fully saturated rings. The fourth-order valence-electron chi connectivity index (χ4n) is 2.07. The van der Waals surface area contributed by atoms with Gasteiger partial charge in [-0.25, -0.2) is 0 Å².